The lowest BCUT2D eigenvalue weighted by atomic mass is 10.1. The van der Waals surface area contributed by atoms with Gasteiger partial charge < -0.3 is 15.4 Å². The van der Waals surface area contributed by atoms with Gasteiger partial charge in [0.25, 0.3) is 0 Å². The Morgan fingerprint density at radius 2 is 1.89 bits per heavy atom. The fourth-order valence-electron chi connectivity index (χ4n) is 1.51. The molecule has 1 heterocycles. The topological polar surface area (TPSA) is 59.1 Å². The molecule has 0 amide bonds. The minimum atomic E-state index is 0.365. The maximum Gasteiger partial charge on any atom is 0.158 e. The van der Waals surface area contributed by atoms with E-state index >= 15 is 0 Å². The molecule has 19 heavy (non-hydrogen) atoms. The summed E-state index contributed by atoms with van der Waals surface area (Å²) in [5.41, 5.74) is 0. The van der Waals surface area contributed by atoms with Crippen molar-refractivity contribution < 1.29 is 4.74 Å². The molecular weight excluding hydrogens is 240 g/mol. The van der Waals surface area contributed by atoms with Crippen LogP contribution in [-0.4, -0.2) is 29.7 Å². The number of hydrogen-bond acceptors (Lipinski definition) is 5. The van der Waals surface area contributed by atoms with E-state index in [1.54, 1.807) is 7.11 Å². The average Bonchev–Trinajstić information content (AvgIpc) is 2.36. The van der Waals surface area contributed by atoms with E-state index in [0.717, 1.165) is 24.6 Å². The Morgan fingerprint density at radius 3 is 2.47 bits per heavy atom. The Hall–Kier alpha value is -1.36. The lowest BCUT2D eigenvalue weighted by Gasteiger charge is -2.19. The maximum absolute atomic E-state index is 5.11. The molecule has 0 aliphatic carbocycles. The molecule has 0 aliphatic rings. The van der Waals surface area contributed by atoms with Crippen LogP contribution in [0, 0.1) is 5.92 Å². The summed E-state index contributed by atoms with van der Waals surface area (Å²) in [6.45, 7) is 9.98. The van der Waals surface area contributed by atoms with Crippen LogP contribution in [0.4, 0.5) is 11.6 Å². The van der Waals surface area contributed by atoms with Crippen LogP contribution < -0.4 is 10.6 Å². The number of aromatic nitrogens is 2. The first kappa shape index (κ1) is 15.7. The number of ether oxygens (including phenoxy) is 1. The van der Waals surface area contributed by atoms with Gasteiger partial charge in [-0.3, -0.25) is 0 Å². The molecule has 0 aliphatic heterocycles. The van der Waals surface area contributed by atoms with Crippen molar-refractivity contribution >= 4 is 11.6 Å². The van der Waals surface area contributed by atoms with Gasteiger partial charge in [-0.2, -0.15) is 0 Å². The van der Waals surface area contributed by atoms with Crippen molar-refractivity contribution in [1.82, 2.24) is 9.97 Å². The van der Waals surface area contributed by atoms with Gasteiger partial charge in [0.15, 0.2) is 5.82 Å². The zero-order chi connectivity index (χ0) is 14.3. The van der Waals surface area contributed by atoms with E-state index in [1.807, 2.05) is 6.07 Å². The normalized spacial score (nSPS) is 12.5. The van der Waals surface area contributed by atoms with Crippen molar-refractivity contribution in [3.05, 3.63) is 11.9 Å². The van der Waals surface area contributed by atoms with E-state index in [1.165, 1.54) is 0 Å². The molecule has 0 saturated carbocycles. The van der Waals surface area contributed by atoms with Crippen LogP contribution in [0.5, 0.6) is 0 Å². The van der Waals surface area contributed by atoms with Gasteiger partial charge in [-0.15, -0.1) is 0 Å². The van der Waals surface area contributed by atoms with Gasteiger partial charge in [0.05, 0.1) is 0 Å². The molecular formula is C14H26N4O. The summed E-state index contributed by atoms with van der Waals surface area (Å²) in [5, 5.41) is 6.70. The Labute approximate surface area is 116 Å². The van der Waals surface area contributed by atoms with Gasteiger partial charge >= 0.3 is 0 Å². The number of rotatable bonds is 8. The van der Waals surface area contributed by atoms with Crippen LogP contribution in [0.25, 0.3) is 0 Å². The molecule has 1 unspecified atom stereocenters. The largest absolute Gasteiger partial charge is 0.377 e. The van der Waals surface area contributed by atoms with Gasteiger partial charge in [-0.25, -0.2) is 9.97 Å². The molecule has 1 rings (SSSR count). The highest BCUT2D eigenvalue weighted by Gasteiger charge is 2.10. The Morgan fingerprint density at radius 1 is 1.21 bits per heavy atom. The molecule has 1 aromatic heterocycles. The summed E-state index contributed by atoms with van der Waals surface area (Å²) in [6, 6.07) is 2.32. The first-order chi connectivity index (χ1) is 9.06. The smallest absolute Gasteiger partial charge is 0.158 e. The van der Waals surface area contributed by atoms with E-state index in [4.69, 9.17) is 4.74 Å². The van der Waals surface area contributed by atoms with Crippen molar-refractivity contribution in [2.45, 2.75) is 46.8 Å². The number of nitrogens with one attached hydrogen (secondary N) is 2. The van der Waals surface area contributed by atoms with Gasteiger partial charge in [0, 0.05) is 25.8 Å². The minimum Gasteiger partial charge on any atom is -0.377 e. The van der Waals surface area contributed by atoms with Crippen LogP contribution in [0.2, 0.25) is 0 Å². The van der Waals surface area contributed by atoms with Crippen LogP contribution in [-0.2, 0) is 11.3 Å². The molecule has 1 aromatic rings. The maximum atomic E-state index is 5.11. The summed E-state index contributed by atoms with van der Waals surface area (Å²) < 4.78 is 5.11. The third kappa shape index (κ3) is 5.42. The second-order valence-electron chi connectivity index (χ2n) is 5.09. The predicted molar refractivity (Wildman–Crippen MR) is 79.4 cm³/mol. The highest BCUT2D eigenvalue weighted by Crippen LogP contribution is 2.15. The highest BCUT2D eigenvalue weighted by molar-refractivity contribution is 5.48. The van der Waals surface area contributed by atoms with Crippen LogP contribution in [0.1, 0.15) is 39.9 Å². The van der Waals surface area contributed by atoms with Crippen LogP contribution in [0.3, 0.4) is 0 Å². The van der Waals surface area contributed by atoms with E-state index in [9.17, 15) is 0 Å². The Balaban J connectivity index is 2.85. The molecule has 0 bridgehead atoms. The summed E-state index contributed by atoms with van der Waals surface area (Å²) in [7, 11) is 1.65. The molecule has 0 saturated heterocycles. The highest BCUT2D eigenvalue weighted by atomic mass is 16.5. The third-order valence-corrected chi connectivity index (χ3v) is 2.98. The quantitative estimate of drug-likeness (QED) is 0.757. The first-order valence-corrected chi connectivity index (χ1v) is 6.94. The summed E-state index contributed by atoms with van der Waals surface area (Å²) >= 11 is 0. The Kier molecular flexibility index (Phi) is 6.56. The lowest BCUT2D eigenvalue weighted by molar-refractivity contribution is 0.178. The number of methoxy groups -OCH3 is 1. The van der Waals surface area contributed by atoms with Gasteiger partial charge in [-0.05, 0) is 19.3 Å². The SMILES string of the molecule is CCCNc1cc(NC(C)C(C)C)nc(COC)n1. The van der Waals surface area contributed by atoms with E-state index < -0.39 is 0 Å². The monoisotopic (exact) mass is 266 g/mol. The van der Waals surface area contributed by atoms with Crippen molar-refractivity contribution in [1.29, 1.82) is 0 Å². The molecule has 0 fully saturated rings. The van der Waals surface area contributed by atoms with Crippen molar-refractivity contribution in [3.8, 4) is 0 Å². The number of anilines is 2. The zero-order valence-corrected chi connectivity index (χ0v) is 12.7. The van der Waals surface area contributed by atoms with Crippen LogP contribution in [0.15, 0.2) is 6.07 Å². The fraction of sp³-hybridized carbons (Fsp3) is 0.714. The van der Waals surface area contributed by atoms with Gasteiger partial charge in [0.1, 0.15) is 18.2 Å². The van der Waals surface area contributed by atoms with E-state index in [-0.39, 0.29) is 0 Å². The molecule has 5 nitrogen and oxygen atoms in total. The lowest BCUT2D eigenvalue weighted by Crippen LogP contribution is -2.22. The second-order valence-corrected chi connectivity index (χ2v) is 5.09. The molecule has 5 heteroatoms. The standard InChI is InChI=1S/C14H26N4O/c1-6-7-15-12-8-13(16-11(4)10(2)3)18-14(17-12)9-19-5/h8,10-11H,6-7,9H2,1-5H3,(H2,15,16,17,18). The second kappa shape index (κ2) is 7.94. The van der Waals surface area contributed by atoms with Gasteiger partial charge in [-0.1, -0.05) is 20.8 Å². The van der Waals surface area contributed by atoms with Crippen molar-refractivity contribution in [2.75, 3.05) is 24.3 Å². The molecule has 108 valence electrons. The minimum absolute atomic E-state index is 0.365. The first-order valence-electron chi connectivity index (χ1n) is 6.94. The molecule has 0 aromatic carbocycles. The number of hydrogen-bond donors (Lipinski definition) is 2. The molecule has 2 N–H and O–H groups in total. The van der Waals surface area contributed by atoms with Crippen molar-refractivity contribution in [2.24, 2.45) is 5.92 Å². The van der Waals surface area contributed by atoms with E-state index in [2.05, 4.69) is 48.3 Å². The van der Waals surface area contributed by atoms with E-state index in [0.29, 0.717) is 24.4 Å². The average molecular weight is 266 g/mol. The third-order valence-electron chi connectivity index (χ3n) is 2.98. The predicted octanol–water partition coefficient (Wildman–Crippen LogP) is 2.90. The molecule has 0 radical (unpaired) electrons. The summed E-state index contributed by atoms with van der Waals surface area (Å²) in [6.07, 6.45) is 1.06. The Bertz CT molecular complexity index is 382. The molecule has 1 atom stereocenters. The van der Waals surface area contributed by atoms with Gasteiger partial charge in [0.2, 0.25) is 0 Å². The van der Waals surface area contributed by atoms with Crippen molar-refractivity contribution in [3.63, 3.8) is 0 Å². The summed E-state index contributed by atoms with van der Waals surface area (Å²) in [4.78, 5) is 8.89. The molecule has 0 spiro atoms. The van der Waals surface area contributed by atoms with Crippen LogP contribution >= 0.6 is 0 Å². The fourth-order valence-corrected chi connectivity index (χ4v) is 1.51. The zero-order valence-electron chi connectivity index (χ0n) is 12.7. The number of nitrogens with zero attached hydrogens (tertiary/aromatic N) is 2. The summed E-state index contributed by atoms with van der Waals surface area (Å²) in [5.74, 6) is 2.94.